The zero-order valence-corrected chi connectivity index (χ0v) is 8.37. The lowest BCUT2D eigenvalue weighted by atomic mass is 10.3. The third-order valence-corrected chi connectivity index (χ3v) is 2.48. The zero-order valence-electron chi connectivity index (χ0n) is 8.37. The monoisotopic (exact) mass is 191 g/mol. The van der Waals surface area contributed by atoms with Gasteiger partial charge in [0, 0.05) is 25.8 Å². The van der Waals surface area contributed by atoms with Gasteiger partial charge in [0.05, 0.1) is 0 Å². The summed E-state index contributed by atoms with van der Waals surface area (Å²) in [6.45, 7) is 4.43. The summed E-state index contributed by atoms with van der Waals surface area (Å²) in [6, 6.07) is 0. The van der Waals surface area contributed by atoms with E-state index in [1.54, 1.807) is 0 Å². The predicted molar refractivity (Wildman–Crippen MR) is 58.6 cm³/mol. The Morgan fingerprint density at radius 2 is 2.07 bits per heavy atom. The number of hydrogen-bond donors (Lipinski definition) is 2. The van der Waals surface area contributed by atoms with Crippen molar-refractivity contribution in [1.82, 2.24) is 15.5 Å². The molecular formula is C11H17N3. The Bertz CT molecular complexity index is 258. The molecule has 2 aliphatic heterocycles. The van der Waals surface area contributed by atoms with Gasteiger partial charge in [-0.15, -0.1) is 0 Å². The van der Waals surface area contributed by atoms with E-state index in [2.05, 4.69) is 27.7 Å². The summed E-state index contributed by atoms with van der Waals surface area (Å²) in [6.07, 6.45) is 11.4. The van der Waals surface area contributed by atoms with Crippen molar-refractivity contribution < 1.29 is 0 Å². The molecule has 0 amide bonds. The summed E-state index contributed by atoms with van der Waals surface area (Å²) < 4.78 is 0. The standard InChI is InChI=1S/C11H17N3/c1-2-5-11(13-7-3-1)14-9-4-6-12-8-10-14/h1-3,5,7,12-13H,4,6,8-10H2. The SMILES string of the molecule is C1=CC=C(N2CCCNCC2)NC=C1. The second-order valence-electron chi connectivity index (χ2n) is 3.53. The highest BCUT2D eigenvalue weighted by Crippen LogP contribution is 2.06. The summed E-state index contributed by atoms with van der Waals surface area (Å²) in [4.78, 5) is 2.39. The molecule has 0 aliphatic carbocycles. The van der Waals surface area contributed by atoms with Crippen LogP contribution >= 0.6 is 0 Å². The highest BCUT2D eigenvalue weighted by molar-refractivity contribution is 5.20. The van der Waals surface area contributed by atoms with Crippen LogP contribution in [0.5, 0.6) is 0 Å². The Hall–Kier alpha value is -1.22. The molecule has 76 valence electrons. The predicted octanol–water partition coefficient (Wildman–Crippen LogP) is 0.796. The van der Waals surface area contributed by atoms with Crippen LogP contribution in [0.25, 0.3) is 0 Å². The van der Waals surface area contributed by atoms with Crippen molar-refractivity contribution in [3.63, 3.8) is 0 Å². The van der Waals surface area contributed by atoms with Crippen LogP contribution in [-0.2, 0) is 0 Å². The van der Waals surface area contributed by atoms with E-state index in [1.807, 2.05) is 18.4 Å². The molecule has 0 atom stereocenters. The van der Waals surface area contributed by atoms with Crippen molar-refractivity contribution in [2.45, 2.75) is 6.42 Å². The average molecular weight is 191 g/mol. The van der Waals surface area contributed by atoms with Crippen molar-refractivity contribution in [3.8, 4) is 0 Å². The van der Waals surface area contributed by atoms with E-state index in [-0.39, 0.29) is 0 Å². The van der Waals surface area contributed by atoms with E-state index in [1.165, 1.54) is 12.2 Å². The van der Waals surface area contributed by atoms with Gasteiger partial charge < -0.3 is 15.5 Å². The molecule has 14 heavy (non-hydrogen) atoms. The highest BCUT2D eigenvalue weighted by atomic mass is 15.2. The van der Waals surface area contributed by atoms with Crippen LogP contribution in [0.4, 0.5) is 0 Å². The van der Waals surface area contributed by atoms with Crippen LogP contribution in [0.1, 0.15) is 6.42 Å². The maximum atomic E-state index is 3.40. The van der Waals surface area contributed by atoms with Crippen molar-refractivity contribution >= 4 is 0 Å². The summed E-state index contributed by atoms with van der Waals surface area (Å²) in [5, 5.41) is 6.69. The van der Waals surface area contributed by atoms with Crippen molar-refractivity contribution in [1.29, 1.82) is 0 Å². The van der Waals surface area contributed by atoms with Gasteiger partial charge in [-0.25, -0.2) is 0 Å². The van der Waals surface area contributed by atoms with Gasteiger partial charge in [-0.3, -0.25) is 0 Å². The minimum atomic E-state index is 1.08. The zero-order chi connectivity index (χ0) is 9.64. The third kappa shape index (κ3) is 2.39. The van der Waals surface area contributed by atoms with Crippen LogP contribution in [0.2, 0.25) is 0 Å². The molecular weight excluding hydrogens is 174 g/mol. The Morgan fingerprint density at radius 1 is 1.07 bits per heavy atom. The molecule has 0 unspecified atom stereocenters. The molecule has 0 bridgehead atoms. The molecule has 0 saturated carbocycles. The molecule has 2 rings (SSSR count). The fourth-order valence-corrected chi connectivity index (χ4v) is 1.73. The van der Waals surface area contributed by atoms with Crippen molar-refractivity contribution in [2.24, 2.45) is 0 Å². The van der Waals surface area contributed by atoms with E-state index >= 15 is 0 Å². The molecule has 2 heterocycles. The lowest BCUT2D eigenvalue weighted by Crippen LogP contribution is -2.32. The van der Waals surface area contributed by atoms with Gasteiger partial charge in [0.15, 0.2) is 0 Å². The quantitative estimate of drug-likeness (QED) is 0.642. The molecule has 3 nitrogen and oxygen atoms in total. The number of nitrogens with one attached hydrogen (secondary N) is 2. The van der Waals surface area contributed by atoms with Crippen molar-refractivity contribution in [3.05, 3.63) is 36.3 Å². The van der Waals surface area contributed by atoms with Crippen LogP contribution in [0.15, 0.2) is 36.3 Å². The maximum Gasteiger partial charge on any atom is 0.105 e. The smallest absolute Gasteiger partial charge is 0.105 e. The van der Waals surface area contributed by atoms with Gasteiger partial charge in [0.25, 0.3) is 0 Å². The molecule has 1 saturated heterocycles. The van der Waals surface area contributed by atoms with Gasteiger partial charge in [0.1, 0.15) is 5.82 Å². The molecule has 0 aromatic carbocycles. The van der Waals surface area contributed by atoms with Gasteiger partial charge >= 0.3 is 0 Å². The van der Waals surface area contributed by atoms with E-state index in [9.17, 15) is 0 Å². The number of allylic oxidation sites excluding steroid dienone is 4. The minimum Gasteiger partial charge on any atom is -0.357 e. The Labute approximate surface area is 85.2 Å². The van der Waals surface area contributed by atoms with Gasteiger partial charge in [-0.1, -0.05) is 12.2 Å². The average Bonchev–Trinajstić information content (AvgIpc) is 2.62. The highest BCUT2D eigenvalue weighted by Gasteiger charge is 2.10. The summed E-state index contributed by atoms with van der Waals surface area (Å²) in [5.74, 6) is 1.21. The Kier molecular flexibility index (Phi) is 3.24. The topological polar surface area (TPSA) is 27.3 Å². The van der Waals surface area contributed by atoms with Crippen molar-refractivity contribution in [2.75, 3.05) is 26.2 Å². The first-order valence-electron chi connectivity index (χ1n) is 5.22. The summed E-state index contributed by atoms with van der Waals surface area (Å²) in [5.41, 5.74) is 0. The first kappa shape index (κ1) is 9.34. The third-order valence-electron chi connectivity index (χ3n) is 2.48. The molecule has 0 radical (unpaired) electrons. The van der Waals surface area contributed by atoms with Crippen LogP contribution < -0.4 is 10.6 Å². The Balaban J connectivity index is 2.01. The van der Waals surface area contributed by atoms with E-state index in [0.717, 1.165) is 26.2 Å². The second kappa shape index (κ2) is 4.86. The van der Waals surface area contributed by atoms with Gasteiger partial charge in [-0.2, -0.15) is 0 Å². The fourth-order valence-electron chi connectivity index (χ4n) is 1.73. The lowest BCUT2D eigenvalue weighted by Gasteiger charge is -2.24. The molecule has 0 aromatic heterocycles. The molecule has 0 aromatic rings. The first-order valence-corrected chi connectivity index (χ1v) is 5.22. The first-order chi connectivity index (χ1) is 6.97. The van der Waals surface area contributed by atoms with Gasteiger partial charge in [0.2, 0.25) is 0 Å². The number of rotatable bonds is 1. The molecule has 2 aliphatic rings. The molecule has 2 N–H and O–H groups in total. The number of hydrogen-bond acceptors (Lipinski definition) is 3. The summed E-state index contributed by atoms with van der Waals surface area (Å²) >= 11 is 0. The number of nitrogens with zero attached hydrogens (tertiary/aromatic N) is 1. The molecule has 1 fully saturated rings. The lowest BCUT2D eigenvalue weighted by molar-refractivity contribution is 0.350. The second-order valence-corrected chi connectivity index (χ2v) is 3.53. The van der Waals surface area contributed by atoms with Crippen LogP contribution in [-0.4, -0.2) is 31.1 Å². The van der Waals surface area contributed by atoms with Crippen LogP contribution in [0, 0.1) is 0 Å². The maximum absolute atomic E-state index is 3.40. The molecule has 3 heteroatoms. The normalized spacial score (nSPS) is 22.3. The van der Waals surface area contributed by atoms with E-state index in [4.69, 9.17) is 0 Å². The fraction of sp³-hybridized carbons (Fsp3) is 0.455. The Morgan fingerprint density at radius 3 is 3.07 bits per heavy atom. The van der Waals surface area contributed by atoms with E-state index in [0.29, 0.717) is 0 Å². The minimum absolute atomic E-state index is 1.08. The summed E-state index contributed by atoms with van der Waals surface area (Å²) in [7, 11) is 0. The van der Waals surface area contributed by atoms with E-state index < -0.39 is 0 Å². The van der Waals surface area contributed by atoms with Crippen LogP contribution in [0.3, 0.4) is 0 Å². The molecule has 0 spiro atoms. The van der Waals surface area contributed by atoms with Gasteiger partial charge in [-0.05, 0) is 25.1 Å². The largest absolute Gasteiger partial charge is 0.357 e.